The standard InChI is InChI=1S/C14H19N5OS/c1-9-12(10(2)20-17-9)13-15-16-14(21-13)19-8-7-18-5-3-11(19)4-6-18/h11H,3-8H2,1-2H3. The summed E-state index contributed by atoms with van der Waals surface area (Å²) in [6.07, 6.45) is 2.47. The van der Waals surface area contributed by atoms with Crippen molar-refractivity contribution in [1.82, 2.24) is 20.3 Å². The monoisotopic (exact) mass is 305 g/mol. The first-order chi connectivity index (χ1) is 10.2. The quantitative estimate of drug-likeness (QED) is 0.847. The third kappa shape index (κ3) is 2.24. The molecule has 0 spiro atoms. The van der Waals surface area contributed by atoms with E-state index in [-0.39, 0.29) is 0 Å². The maximum Gasteiger partial charge on any atom is 0.208 e. The van der Waals surface area contributed by atoms with Crippen LogP contribution in [0.25, 0.3) is 10.6 Å². The Morgan fingerprint density at radius 2 is 1.90 bits per heavy atom. The molecule has 3 saturated heterocycles. The van der Waals surface area contributed by atoms with Gasteiger partial charge in [0.15, 0.2) is 5.01 Å². The smallest absolute Gasteiger partial charge is 0.208 e. The molecule has 5 heterocycles. The Morgan fingerprint density at radius 1 is 1.10 bits per heavy atom. The lowest BCUT2D eigenvalue weighted by atomic mass is 10.1. The Bertz CT molecular complexity index is 624. The number of aryl methyl sites for hydroxylation is 2. The molecule has 3 fully saturated rings. The number of nitrogens with zero attached hydrogens (tertiary/aromatic N) is 5. The number of anilines is 1. The molecule has 0 saturated carbocycles. The van der Waals surface area contributed by atoms with Gasteiger partial charge in [-0.25, -0.2) is 0 Å². The van der Waals surface area contributed by atoms with Crippen molar-refractivity contribution in [2.45, 2.75) is 32.7 Å². The van der Waals surface area contributed by atoms with E-state index in [9.17, 15) is 0 Å². The van der Waals surface area contributed by atoms with Crippen molar-refractivity contribution in [3.8, 4) is 10.6 Å². The van der Waals surface area contributed by atoms with Gasteiger partial charge in [-0.15, -0.1) is 10.2 Å². The van der Waals surface area contributed by atoms with Gasteiger partial charge in [0.2, 0.25) is 5.13 Å². The number of piperidine rings is 1. The number of hydrogen-bond donors (Lipinski definition) is 0. The van der Waals surface area contributed by atoms with Crippen molar-refractivity contribution >= 4 is 16.5 Å². The summed E-state index contributed by atoms with van der Waals surface area (Å²) in [5.41, 5.74) is 1.89. The molecule has 0 unspecified atom stereocenters. The maximum atomic E-state index is 5.24. The summed E-state index contributed by atoms with van der Waals surface area (Å²) in [5.74, 6) is 0.818. The van der Waals surface area contributed by atoms with Gasteiger partial charge in [0.1, 0.15) is 5.76 Å². The Kier molecular flexibility index (Phi) is 3.19. The molecular formula is C14H19N5OS. The number of hydrogen-bond acceptors (Lipinski definition) is 7. The summed E-state index contributed by atoms with van der Waals surface area (Å²) in [6, 6.07) is 0.620. The number of aromatic nitrogens is 3. The van der Waals surface area contributed by atoms with Gasteiger partial charge in [-0.3, -0.25) is 0 Å². The Hall–Kier alpha value is -1.47. The zero-order valence-electron chi connectivity index (χ0n) is 12.4. The summed E-state index contributed by atoms with van der Waals surface area (Å²) in [5, 5.41) is 14.8. The van der Waals surface area contributed by atoms with Crippen LogP contribution in [0.3, 0.4) is 0 Å². The van der Waals surface area contributed by atoms with Gasteiger partial charge in [0, 0.05) is 32.2 Å². The first-order valence-electron chi connectivity index (χ1n) is 7.48. The minimum atomic E-state index is 0.620. The van der Waals surface area contributed by atoms with Gasteiger partial charge in [-0.05, 0) is 26.7 Å². The van der Waals surface area contributed by atoms with Crippen LogP contribution in [0.15, 0.2) is 4.52 Å². The van der Waals surface area contributed by atoms with Crippen LogP contribution in [0.1, 0.15) is 24.3 Å². The van der Waals surface area contributed by atoms with Crippen molar-refractivity contribution < 1.29 is 4.52 Å². The van der Waals surface area contributed by atoms with Crippen molar-refractivity contribution in [2.75, 3.05) is 31.1 Å². The largest absolute Gasteiger partial charge is 0.361 e. The fourth-order valence-corrected chi connectivity index (χ4v) is 4.45. The van der Waals surface area contributed by atoms with Gasteiger partial charge in [0.05, 0.1) is 11.3 Å². The molecule has 0 radical (unpaired) electrons. The molecule has 2 aromatic rings. The van der Waals surface area contributed by atoms with E-state index in [0.717, 1.165) is 40.2 Å². The van der Waals surface area contributed by atoms with E-state index < -0.39 is 0 Å². The summed E-state index contributed by atoms with van der Waals surface area (Å²) < 4.78 is 5.24. The lowest BCUT2D eigenvalue weighted by Crippen LogP contribution is -2.37. The van der Waals surface area contributed by atoms with Crippen LogP contribution >= 0.6 is 11.3 Å². The highest BCUT2D eigenvalue weighted by Crippen LogP contribution is 2.35. The van der Waals surface area contributed by atoms with E-state index in [1.807, 2.05) is 13.8 Å². The minimum Gasteiger partial charge on any atom is -0.361 e. The van der Waals surface area contributed by atoms with Gasteiger partial charge in [0.25, 0.3) is 0 Å². The SMILES string of the molecule is Cc1noc(C)c1-c1nnc(N2CCN3CCC2CC3)s1. The van der Waals surface area contributed by atoms with E-state index in [1.165, 1.54) is 25.9 Å². The van der Waals surface area contributed by atoms with E-state index in [0.29, 0.717) is 6.04 Å². The van der Waals surface area contributed by atoms with Crippen LogP contribution in [0.4, 0.5) is 5.13 Å². The fourth-order valence-electron chi connectivity index (χ4n) is 3.36. The average Bonchev–Trinajstić information content (AvgIpc) is 2.95. The molecule has 0 N–H and O–H groups in total. The zero-order valence-corrected chi connectivity index (χ0v) is 13.2. The maximum absolute atomic E-state index is 5.24. The Morgan fingerprint density at radius 3 is 2.62 bits per heavy atom. The van der Waals surface area contributed by atoms with Crippen molar-refractivity contribution in [2.24, 2.45) is 0 Å². The van der Waals surface area contributed by atoms with Crippen LogP contribution in [0.2, 0.25) is 0 Å². The molecular weight excluding hydrogens is 286 g/mol. The zero-order chi connectivity index (χ0) is 14.4. The van der Waals surface area contributed by atoms with Crippen molar-refractivity contribution in [3.63, 3.8) is 0 Å². The molecule has 2 aromatic heterocycles. The highest BCUT2D eigenvalue weighted by Gasteiger charge is 2.31. The molecule has 0 aliphatic carbocycles. The normalized spacial score (nSPS) is 25.3. The summed E-state index contributed by atoms with van der Waals surface area (Å²) in [4.78, 5) is 5.00. The molecule has 5 rings (SSSR count). The lowest BCUT2D eigenvalue weighted by Gasteiger charge is -2.30. The molecule has 21 heavy (non-hydrogen) atoms. The number of rotatable bonds is 2. The topological polar surface area (TPSA) is 58.3 Å². The van der Waals surface area contributed by atoms with Gasteiger partial charge >= 0.3 is 0 Å². The molecule has 0 amide bonds. The summed E-state index contributed by atoms with van der Waals surface area (Å²) >= 11 is 1.66. The summed E-state index contributed by atoms with van der Waals surface area (Å²) in [7, 11) is 0. The average molecular weight is 305 g/mol. The molecule has 0 aromatic carbocycles. The van der Waals surface area contributed by atoms with Crippen LogP contribution in [0.5, 0.6) is 0 Å². The van der Waals surface area contributed by atoms with Crippen molar-refractivity contribution in [3.05, 3.63) is 11.5 Å². The fraction of sp³-hybridized carbons (Fsp3) is 0.643. The second-order valence-electron chi connectivity index (χ2n) is 5.86. The molecule has 3 aliphatic rings. The highest BCUT2D eigenvalue weighted by atomic mass is 32.1. The highest BCUT2D eigenvalue weighted by molar-refractivity contribution is 7.18. The van der Waals surface area contributed by atoms with Crippen LogP contribution < -0.4 is 4.90 Å². The lowest BCUT2D eigenvalue weighted by molar-refractivity contribution is 0.250. The summed E-state index contributed by atoms with van der Waals surface area (Å²) in [6.45, 7) is 8.51. The van der Waals surface area contributed by atoms with E-state index in [4.69, 9.17) is 4.52 Å². The Balaban J connectivity index is 1.65. The first kappa shape index (κ1) is 13.2. The molecule has 0 atom stereocenters. The first-order valence-corrected chi connectivity index (χ1v) is 8.30. The van der Waals surface area contributed by atoms with E-state index in [2.05, 4.69) is 25.2 Å². The second-order valence-corrected chi connectivity index (χ2v) is 6.81. The molecule has 7 heteroatoms. The third-order valence-electron chi connectivity index (χ3n) is 4.56. The van der Waals surface area contributed by atoms with E-state index in [1.54, 1.807) is 11.3 Å². The van der Waals surface area contributed by atoms with E-state index >= 15 is 0 Å². The van der Waals surface area contributed by atoms with Crippen molar-refractivity contribution in [1.29, 1.82) is 0 Å². The third-order valence-corrected chi connectivity index (χ3v) is 5.54. The molecule has 6 nitrogen and oxygen atoms in total. The predicted molar refractivity (Wildman–Crippen MR) is 81.7 cm³/mol. The molecule has 112 valence electrons. The van der Waals surface area contributed by atoms with Gasteiger partial charge in [-0.2, -0.15) is 0 Å². The number of fused-ring (bicyclic) bond motifs is 4. The predicted octanol–water partition coefficient (Wildman–Crippen LogP) is 2.09. The van der Waals surface area contributed by atoms with Gasteiger partial charge < -0.3 is 14.3 Å². The Labute approximate surface area is 127 Å². The molecule has 3 aliphatic heterocycles. The van der Waals surface area contributed by atoms with Crippen LogP contribution in [-0.2, 0) is 0 Å². The van der Waals surface area contributed by atoms with Crippen LogP contribution in [0, 0.1) is 13.8 Å². The second kappa shape index (κ2) is 5.06. The van der Waals surface area contributed by atoms with Gasteiger partial charge in [-0.1, -0.05) is 16.5 Å². The van der Waals surface area contributed by atoms with Crippen LogP contribution in [-0.4, -0.2) is 52.5 Å². The minimum absolute atomic E-state index is 0.620. The molecule has 2 bridgehead atoms.